The van der Waals surface area contributed by atoms with Crippen molar-refractivity contribution >= 4 is 34.1 Å². The molecule has 18 rings (SSSR count). The molecular formula is C109H166N10. The lowest BCUT2D eigenvalue weighted by Crippen LogP contribution is -2.45. The van der Waals surface area contributed by atoms with Gasteiger partial charge in [-0.05, 0) is 266 Å². The Morgan fingerprint density at radius 2 is 0.437 bits per heavy atom. The van der Waals surface area contributed by atoms with Crippen LogP contribution in [0.1, 0.15) is 337 Å². The number of hydrogen-bond acceptors (Lipinski definition) is 10. The van der Waals surface area contributed by atoms with Crippen molar-refractivity contribution in [1.29, 1.82) is 0 Å². The summed E-state index contributed by atoms with van der Waals surface area (Å²) in [4.78, 5) is 12.3. The Bertz CT molecular complexity index is 4390. The number of allylic oxidation sites excluding steroid dienone is 9. The van der Waals surface area contributed by atoms with Gasteiger partial charge in [0.1, 0.15) is 30.8 Å². The van der Waals surface area contributed by atoms with E-state index in [-0.39, 0.29) is 68.0 Å². The molecule has 0 saturated heterocycles. The number of nitrogens with zero attached hydrogens (tertiary/aromatic N) is 5. The Morgan fingerprint density at radius 1 is 0.227 bits per heavy atom. The zero-order valence-electron chi connectivity index (χ0n) is 77.4. The summed E-state index contributed by atoms with van der Waals surface area (Å²) in [5.74, 6) is 4.14. The highest BCUT2D eigenvalue weighted by atomic mass is 15.4. The van der Waals surface area contributed by atoms with Crippen molar-refractivity contribution in [3.05, 3.63) is 236 Å². The van der Waals surface area contributed by atoms with Gasteiger partial charge in [0.05, 0.1) is 5.70 Å². The van der Waals surface area contributed by atoms with Crippen molar-refractivity contribution < 1.29 is 7.06 Å². The number of anilines is 5. The summed E-state index contributed by atoms with van der Waals surface area (Å²) in [7, 11) is 0. The molecule has 5 aliphatic heterocycles. The third-order valence-electron chi connectivity index (χ3n) is 28.7. The van der Waals surface area contributed by atoms with E-state index < -0.39 is 0 Å². The third-order valence-corrected chi connectivity index (χ3v) is 28.7. The Labute approximate surface area is 735 Å². The maximum absolute atomic E-state index is 9.13. The van der Waals surface area contributed by atoms with E-state index >= 15 is 0 Å². The van der Waals surface area contributed by atoms with Crippen LogP contribution in [0.3, 0.4) is 0 Å². The van der Waals surface area contributed by atoms with Crippen LogP contribution in [0.2, 0.25) is 7.06 Å². The van der Waals surface area contributed by atoms with Crippen LogP contribution < -0.4 is 51.0 Å². The SMILES string of the molecule is C.C.C.C.C.[2H]N1C(C)=C(C)N(c2ccccc2C)C1C1CCCCC1.[2H]N1C(C)=C(C)N(c2ccccc2C)C1C1CCCCC1.[2H]N1C(C2CCCC2)=C(C)N(c2ccccc2C)C1C1CCCCC1.[2H]N1C(C2CCCCC2)=C(C)N(c2ccccc2C)C1C1CCCCC1.[2H]N1C(c2ccccc2)=C(C)N(c2ccccc2C)C1C1CCCCC1. The van der Waals surface area contributed by atoms with Gasteiger partial charge in [-0.25, -0.2) is 0 Å². The van der Waals surface area contributed by atoms with Crippen LogP contribution in [-0.4, -0.2) is 30.8 Å². The Morgan fingerprint density at radius 3 is 0.706 bits per heavy atom. The lowest BCUT2D eigenvalue weighted by atomic mass is 9.85. The summed E-state index contributed by atoms with van der Waals surface area (Å²) in [6.07, 6.45) is 45.0. The van der Waals surface area contributed by atoms with E-state index in [0.717, 1.165) is 22.7 Å². The largest absolute Gasteiger partial charge is 0.367 e. The van der Waals surface area contributed by atoms with Crippen molar-refractivity contribution in [2.75, 3.05) is 24.5 Å². The van der Waals surface area contributed by atoms with Crippen LogP contribution in [0.15, 0.2) is 203 Å². The number of benzene rings is 6. The van der Waals surface area contributed by atoms with Crippen molar-refractivity contribution in [1.82, 2.24) is 26.5 Å². The zero-order chi connectivity index (χ0) is 83.5. The number of rotatable bonds is 13. The molecule has 0 aromatic heterocycles. The molecule has 0 radical (unpaired) electrons. The molecule has 7 fully saturated rings. The van der Waals surface area contributed by atoms with E-state index in [1.54, 1.807) is 15.9 Å². The van der Waals surface area contributed by atoms with E-state index in [1.165, 1.54) is 314 Å². The molecule has 7 saturated carbocycles. The van der Waals surface area contributed by atoms with Crippen molar-refractivity contribution in [3.8, 4) is 0 Å². The fraction of sp³-hybridized carbons (Fsp3) is 0.578. The van der Waals surface area contributed by atoms with Crippen LogP contribution >= 0.6 is 0 Å². The van der Waals surface area contributed by atoms with Gasteiger partial charge in [-0.15, -0.1) is 0 Å². The molecule has 5 unspecified atom stereocenters. The first-order valence-electron chi connectivity index (χ1n) is 48.2. The summed E-state index contributed by atoms with van der Waals surface area (Å²) < 4.78 is 44.3. The monoisotopic (exact) mass is 1620 g/mol. The van der Waals surface area contributed by atoms with E-state index in [9.17, 15) is 0 Å². The minimum atomic E-state index is 0. The van der Waals surface area contributed by atoms with Gasteiger partial charge in [0.25, 0.3) is 0 Å². The maximum Gasteiger partial charge on any atom is 0.162 e. The van der Waals surface area contributed by atoms with Crippen LogP contribution in [0.5, 0.6) is 0 Å². The Balaban J connectivity index is 0.000000174. The third kappa shape index (κ3) is 21.9. The summed E-state index contributed by atoms with van der Waals surface area (Å²) in [6.45, 7) is 26.1. The average Bonchev–Trinajstić information content (AvgIpc) is 1.60. The smallest absolute Gasteiger partial charge is 0.162 e. The molecule has 10 heteroatoms. The molecule has 5 N–H and O–H groups in total. The summed E-state index contributed by atoms with van der Waals surface area (Å²) in [6, 6.07) is 53.6. The molecule has 7 aliphatic carbocycles. The van der Waals surface area contributed by atoms with Crippen LogP contribution in [0, 0.1) is 76.0 Å². The van der Waals surface area contributed by atoms with E-state index in [4.69, 9.17) is 7.06 Å². The molecule has 5 heterocycles. The lowest BCUT2D eigenvalue weighted by Gasteiger charge is -2.37. The molecule has 6 aromatic carbocycles. The molecule has 5 atom stereocenters. The highest BCUT2D eigenvalue weighted by molar-refractivity contribution is 5.77. The average molecular weight is 1620 g/mol. The van der Waals surface area contributed by atoms with E-state index in [0.29, 0.717) is 41.4 Å². The normalized spacial score (nSPS) is 24.4. The molecular weight excluding hydrogens is 1450 g/mol. The van der Waals surface area contributed by atoms with Crippen molar-refractivity contribution in [2.45, 2.75) is 369 Å². The summed E-state index contributed by atoms with van der Waals surface area (Å²) in [5, 5.41) is 9.21. The van der Waals surface area contributed by atoms with Crippen LogP contribution in [0.25, 0.3) is 5.70 Å². The minimum absolute atomic E-state index is 0. The molecule has 0 amide bonds. The van der Waals surface area contributed by atoms with Crippen LogP contribution in [0.4, 0.5) is 28.4 Å². The van der Waals surface area contributed by atoms with Gasteiger partial charge in [-0.3, -0.25) is 0 Å². The highest BCUT2D eigenvalue weighted by Crippen LogP contribution is 2.47. The maximum atomic E-state index is 9.13. The van der Waals surface area contributed by atoms with Crippen molar-refractivity contribution in [3.63, 3.8) is 0 Å². The quantitative estimate of drug-likeness (QED) is 0.0772. The van der Waals surface area contributed by atoms with Gasteiger partial charge in [-0.2, -0.15) is 0 Å². The van der Waals surface area contributed by atoms with Gasteiger partial charge in [0, 0.05) is 91.5 Å². The van der Waals surface area contributed by atoms with Gasteiger partial charge < -0.3 is 51.0 Å². The standard InChI is InChI=1S/C23H34N2.C23H28N2.C22H32N2.2C18H26N2.5CH4/c2*1-17-11-9-10-16-21(17)25-18(2)22(19-12-5-3-6-13-19)24-23(25)20-14-7-4-8-15-20;1-16-10-6-9-15-20(16)24-17(2)21(18-11-7-8-12-18)23-22(24)19-13-4-3-5-14-19;2*1-13-9-7-8-12-17(13)20-15(3)14(2)19-18(20)16-10-5-4-6-11-16;;;;;/h9-11,16,19-20,23-24H,3-8,12-15H2,1-2H3;3,5-6,9-13,16,20,23-24H,4,7-8,14-15H2,1-2H3;6,9-10,15,18-19,22-23H,3-5,7-8,11-14H2,1-2H3;2*7-9,12,16,18-19H,4-6,10-11H2,1-3H3;5*1H4/i/hD5. The summed E-state index contributed by atoms with van der Waals surface area (Å²) in [5.41, 5.74) is 26.2. The number of aryl methyl sites for hydroxylation is 5. The molecule has 0 spiro atoms. The predicted molar refractivity (Wildman–Crippen MR) is 519 cm³/mol. The first-order chi connectivity index (χ1) is 57.8. The molecule has 10 nitrogen and oxygen atoms in total. The van der Waals surface area contributed by atoms with Gasteiger partial charge in [0.15, 0.2) is 7.06 Å². The Kier molecular flexibility index (Phi) is 33.2. The first kappa shape index (κ1) is 87.4. The molecule has 0 bridgehead atoms. The van der Waals surface area contributed by atoms with Gasteiger partial charge in [0.2, 0.25) is 0 Å². The van der Waals surface area contributed by atoms with Crippen molar-refractivity contribution in [2.24, 2.45) is 41.4 Å². The first-order valence-corrected chi connectivity index (χ1v) is 45.9. The predicted octanol–water partition coefficient (Wildman–Crippen LogP) is 29.9. The molecule has 119 heavy (non-hydrogen) atoms. The number of nitrogens with one attached hydrogen (secondary N) is 5. The fourth-order valence-corrected chi connectivity index (χ4v) is 22.1. The van der Waals surface area contributed by atoms with E-state index in [1.807, 2.05) is 16.7 Å². The minimum Gasteiger partial charge on any atom is -0.367 e. The summed E-state index contributed by atoms with van der Waals surface area (Å²) >= 11 is 0. The zero-order valence-corrected chi connectivity index (χ0v) is 72.4. The fourth-order valence-electron chi connectivity index (χ4n) is 22.1. The molecule has 6 aromatic rings. The van der Waals surface area contributed by atoms with E-state index in [2.05, 4.69) is 253 Å². The molecule has 652 valence electrons. The molecule has 12 aliphatic rings. The second kappa shape index (κ2) is 45.2. The second-order valence-corrected chi connectivity index (χ2v) is 36.4. The number of para-hydroxylation sites is 5. The topological polar surface area (TPSA) is 76.3 Å². The Hall–Kier alpha value is -7.98. The van der Waals surface area contributed by atoms with Gasteiger partial charge in [-0.1, -0.05) is 287 Å². The second-order valence-electron chi connectivity index (χ2n) is 36.4. The van der Waals surface area contributed by atoms with Crippen LogP contribution in [-0.2, 0) is 0 Å². The van der Waals surface area contributed by atoms with Gasteiger partial charge >= 0.3 is 0 Å². The highest BCUT2D eigenvalue weighted by Gasteiger charge is 2.44. The lowest BCUT2D eigenvalue weighted by molar-refractivity contribution is 0.281. The number of hydrogen-bond donors (Lipinski definition) is 5.